The van der Waals surface area contributed by atoms with Gasteiger partial charge in [-0.05, 0) is 37.0 Å². The van der Waals surface area contributed by atoms with Crippen molar-refractivity contribution >= 4 is 22.9 Å². The normalized spacial score (nSPS) is 14.4. The summed E-state index contributed by atoms with van der Waals surface area (Å²) >= 11 is 1.58. The number of thiazole rings is 1. The number of allylic oxidation sites excluding steroid dienone is 3. The lowest BCUT2D eigenvalue weighted by Gasteiger charge is -2.11. The summed E-state index contributed by atoms with van der Waals surface area (Å²) in [7, 11) is 0. The van der Waals surface area contributed by atoms with Crippen molar-refractivity contribution in [1.82, 2.24) is 15.0 Å². The van der Waals surface area contributed by atoms with E-state index in [-0.39, 0.29) is 5.92 Å². The van der Waals surface area contributed by atoms with E-state index in [2.05, 4.69) is 47.2 Å². The van der Waals surface area contributed by atoms with Gasteiger partial charge in [0, 0.05) is 11.3 Å². The number of anilines is 1. The Bertz CT molecular complexity index is 1000. The van der Waals surface area contributed by atoms with Gasteiger partial charge < -0.3 is 15.9 Å². The zero-order chi connectivity index (χ0) is 20.8. The summed E-state index contributed by atoms with van der Waals surface area (Å²) in [5.74, 6) is 1.56. The van der Waals surface area contributed by atoms with Gasteiger partial charge in [-0.3, -0.25) is 0 Å². The third kappa shape index (κ3) is 5.54. The number of pyridine rings is 1. The summed E-state index contributed by atoms with van der Waals surface area (Å²) in [5.41, 5.74) is 15.2. The van der Waals surface area contributed by atoms with Crippen LogP contribution in [0, 0.1) is 5.92 Å². The number of rotatable bonds is 8. The number of hydrogen-bond donors (Lipinski definition) is 2. The van der Waals surface area contributed by atoms with Crippen molar-refractivity contribution in [2.75, 3.05) is 5.73 Å². The minimum absolute atomic E-state index is 0.251. The summed E-state index contributed by atoms with van der Waals surface area (Å²) in [4.78, 5) is 13.3. The SMILES string of the molecule is CCc1csc(/C(N)=C/C=C\C(C)CC(C)c2coc(-c3cccc(N)n3)n2)n1. The molecule has 0 spiro atoms. The van der Waals surface area contributed by atoms with Crippen molar-refractivity contribution in [3.63, 3.8) is 0 Å². The van der Waals surface area contributed by atoms with Gasteiger partial charge in [-0.2, -0.15) is 0 Å². The summed E-state index contributed by atoms with van der Waals surface area (Å²) < 4.78 is 5.60. The maximum Gasteiger partial charge on any atom is 0.245 e. The molecule has 0 aliphatic heterocycles. The van der Waals surface area contributed by atoms with Gasteiger partial charge in [0.25, 0.3) is 0 Å². The second-order valence-corrected chi connectivity index (χ2v) is 8.00. The molecule has 0 aliphatic rings. The quantitative estimate of drug-likeness (QED) is 0.506. The molecule has 0 radical (unpaired) electrons. The van der Waals surface area contributed by atoms with Crippen LogP contribution in [0.3, 0.4) is 0 Å². The fraction of sp³-hybridized carbons (Fsp3) is 0.318. The first-order valence-corrected chi connectivity index (χ1v) is 10.6. The molecule has 0 saturated heterocycles. The van der Waals surface area contributed by atoms with E-state index in [9.17, 15) is 0 Å². The Morgan fingerprint density at radius 1 is 1.24 bits per heavy atom. The molecule has 3 heterocycles. The molecule has 3 aromatic heterocycles. The number of aryl methyl sites for hydroxylation is 1. The van der Waals surface area contributed by atoms with Crippen LogP contribution in [-0.4, -0.2) is 15.0 Å². The van der Waals surface area contributed by atoms with Crippen LogP contribution in [-0.2, 0) is 6.42 Å². The Balaban J connectivity index is 1.58. The molecule has 0 aliphatic carbocycles. The summed E-state index contributed by atoms with van der Waals surface area (Å²) in [6.45, 7) is 6.41. The molecule has 0 fully saturated rings. The molecule has 0 aromatic carbocycles. The first-order chi connectivity index (χ1) is 14.0. The lowest BCUT2D eigenvalue weighted by Crippen LogP contribution is -2.01. The number of aromatic nitrogens is 3. The lowest BCUT2D eigenvalue weighted by molar-refractivity contribution is 0.544. The van der Waals surface area contributed by atoms with Crippen LogP contribution in [0.2, 0.25) is 0 Å². The zero-order valence-corrected chi connectivity index (χ0v) is 17.8. The van der Waals surface area contributed by atoms with Gasteiger partial charge in [-0.25, -0.2) is 15.0 Å². The third-order valence-corrected chi connectivity index (χ3v) is 5.56. The molecule has 3 aromatic rings. The van der Waals surface area contributed by atoms with Crippen molar-refractivity contribution in [3.8, 4) is 11.6 Å². The monoisotopic (exact) mass is 409 g/mol. The minimum atomic E-state index is 0.251. The lowest BCUT2D eigenvalue weighted by atomic mass is 9.95. The van der Waals surface area contributed by atoms with Gasteiger partial charge in [0.05, 0.1) is 17.1 Å². The van der Waals surface area contributed by atoms with Gasteiger partial charge in [0.1, 0.15) is 22.8 Å². The van der Waals surface area contributed by atoms with E-state index in [1.807, 2.05) is 24.3 Å². The molecule has 152 valence electrons. The van der Waals surface area contributed by atoms with Crippen LogP contribution in [0.15, 0.2) is 52.5 Å². The van der Waals surface area contributed by atoms with Crippen LogP contribution < -0.4 is 11.5 Å². The number of hydrogen-bond acceptors (Lipinski definition) is 7. The van der Waals surface area contributed by atoms with Gasteiger partial charge in [-0.1, -0.05) is 39.0 Å². The number of nitrogen functional groups attached to an aromatic ring is 1. The average molecular weight is 410 g/mol. The summed E-state index contributed by atoms with van der Waals surface area (Å²) in [5, 5.41) is 2.92. The molecule has 4 N–H and O–H groups in total. The van der Waals surface area contributed by atoms with Crippen LogP contribution in [0.4, 0.5) is 5.82 Å². The molecule has 7 heteroatoms. The van der Waals surface area contributed by atoms with E-state index in [1.165, 1.54) is 0 Å². The molecule has 0 bridgehead atoms. The largest absolute Gasteiger partial charge is 0.443 e. The molecule has 2 unspecified atom stereocenters. The van der Waals surface area contributed by atoms with E-state index >= 15 is 0 Å². The van der Waals surface area contributed by atoms with Crippen molar-refractivity contribution in [1.29, 1.82) is 0 Å². The van der Waals surface area contributed by atoms with Crippen molar-refractivity contribution in [3.05, 3.63) is 64.5 Å². The highest BCUT2D eigenvalue weighted by Gasteiger charge is 2.15. The Morgan fingerprint density at radius 3 is 2.79 bits per heavy atom. The fourth-order valence-corrected chi connectivity index (χ4v) is 3.82. The molecule has 0 saturated carbocycles. The Morgan fingerprint density at radius 2 is 2.07 bits per heavy atom. The van der Waals surface area contributed by atoms with Crippen LogP contribution in [0.5, 0.6) is 0 Å². The zero-order valence-electron chi connectivity index (χ0n) is 17.0. The van der Waals surface area contributed by atoms with Gasteiger partial charge in [-0.15, -0.1) is 11.3 Å². The van der Waals surface area contributed by atoms with Crippen LogP contribution in [0.25, 0.3) is 17.3 Å². The highest BCUT2D eigenvalue weighted by molar-refractivity contribution is 7.10. The first kappa shape index (κ1) is 20.8. The number of oxazole rings is 1. The van der Waals surface area contributed by atoms with E-state index in [0.29, 0.717) is 29.0 Å². The van der Waals surface area contributed by atoms with Crippen molar-refractivity contribution in [2.24, 2.45) is 11.7 Å². The molecular weight excluding hydrogens is 382 g/mol. The predicted molar refractivity (Wildman–Crippen MR) is 119 cm³/mol. The molecule has 0 amide bonds. The summed E-state index contributed by atoms with van der Waals surface area (Å²) in [6, 6.07) is 5.42. The van der Waals surface area contributed by atoms with E-state index in [4.69, 9.17) is 15.9 Å². The Hall–Kier alpha value is -2.93. The fourth-order valence-electron chi connectivity index (χ4n) is 2.98. The molecule has 6 nitrogen and oxygen atoms in total. The average Bonchev–Trinajstić information content (AvgIpc) is 3.37. The second kappa shape index (κ2) is 9.52. The minimum Gasteiger partial charge on any atom is -0.443 e. The van der Waals surface area contributed by atoms with Crippen molar-refractivity contribution in [2.45, 2.75) is 39.5 Å². The molecule has 2 atom stereocenters. The van der Waals surface area contributed by atoms with Crippen LogP contribution >= 0.6 is 11.3 Å². The topological polar surface area (TPSA) is 104 Å². The molecule has 29 heavy (non-hydrogen) atoms. The maximum atomic E-state index is 6.13. The van der Waals surface area contributed by atoms with Crippen molar-refractivity contribution < 1.29 is 4.42 Å². The van der Waals surface area contributed by atoms with Gasteiger partial charge in [0.15, 0.2) is 0 Å². The van der Waals surface area contributed by atoms with E-state index < -0.39 is 0 Å². The number of nitrogens with two attached hydrogens (primary N) is 2. The third-order valence-electron chi connectivity index (χ3n) is 4.62. The predicted octanol–water partition coefficient (Wildman–Crippen LogP) is 5.02. The molecule has 3 rings (SSSR count). The summed E-state index contributed by atoms with van der Waals surface area (Å²) in [6.07, 6.45) is 9.64. The highest BCUT2D eigenvalue weighted by atomic mass is 32.1. The first-order valence-electron chi connectivity index (χ1n) is 9.73. The smallest absolute Gasteiger partial charge is 0.245 e. The van der Waals surface area contributed by atoms with Gasteiger partial charge in [0.2, 0.25) is 5.89 Å². The second-order valence-electron chi connectivity index (χ2n) is 7.14. The standard InChI is InChI=1S/C22H27N5OS/c1-4-16-13-29-22(25-16)17(23)8-5-7-14(2)11-15(3)19-12-28-21(27-19)18-9-6-10-20(24)26-18/h5-10,12-15H,4,11,23H2,1-3H3,(H2,24,26)/b7-5-,17-8-. The van der Waals surface area contributed by atoms with Crippen LogP contribution in [0.1, 0.15) is 49.5 Å². The highest BCUT2D eigenvalue weighted by Crippen LogP contribution is 2.26. The van der Waals surface area contributed by atoms with Gasteiger partial charge >= 0.3 is 0 Å². The Kier molecular flexibility index (Phi) is 6.82. The number of nitrogens with zero attached hydrogens (tertiary/aromatic N) is 3. The molecular formula is C22H27N5OS. The maximum absolute atomic E-state index is 6.13. The van der Waals surface area contributed by atoms with E-state index in [1.54, 1.807) is 23.7 Å². The Labute approximate surface area is 175 Å². The van der Waals surface area contributed by atoms with E-state index in [0.717, 1.165) is 29.2 Å².